The van der Waals surface area contributed by atoms with E-state index >= 15 is 0 Å². The van der Waals surface area contributed by atoms with Crippen molar-refractivity contribution in [1.82, 2.24) is 9.55 Å². The Hall–Kier alpha value is -3.04. The third-order valence-corrected chi connectivity index (χ3v) is 6.45. The van der Waals surface area contributed by atoms with Gasteiger partial charge in [-0.3, -0.25) is 0 Å². The number of aromatic nitrogens is 2. The van der Waals surface area contributed by atoms with Crippen molar-refractivity contribution in [2.24, 2.45) is 0 Å². The molecule has 0 atom stereocenters. The second kappa shape index (κ2) is 9.84. The maximum atomic E-state index is 12.3. The summed E-state index contributed by atoms with van der Waals surface area (Å²) in [4.78, 5) is 17.8. The standard InChI is InChI=1S/C23H23ClN2O6S/c1-4-5-20-25-22(33-14-6-7-16(29-2)17(9-14)30-3)21(23(27)28)26(20)11-13-8-18-19(10-15(13)24)32-12-31-18/h6-10H,4-5,11-12H2,1-3H3,(H,27,28). The van der Waals surface area contributed by atoms with Crippen LogP contribution < -0.4 is 18.9 Å². The highest BCUT2D eigenvalue weighted by Gasteiger charge is 2.25. The summed E-state index contributed by atoms with van der Waals surface area (Å²) in [7, 11) is 3.12. The molecule has 1 N–H and O–H groups in total. The SMILES string of the molecule is CCCc1nc(Sc2ccc(OC)c(OC)c2)c(C(=O)O)n1Cc1cc2c(cc1Cl)OCO2. The number of methoxy groups -OCH3 is 2. The van der Waals surface area contributed by atoms with E-state index in [0.29, 0.717) is 45.3 Å². The van der Waals surface area contributed by atoms with E-state index in [4.69, 9.17) is 30.5 Å². The number of benzene rings is 2. The van der Waals surface area contributed by atoms with Gasteiger partial charge in [0, 0.05) is 22.4 Å². The molecule has 2 heterocycles. The number of hydrogen-bond donors (Lipinski definition) is 1. The normalized spacial score (nSPS) is 12.1. The van der Waals surface area contributed by atoms with Crippen molar-refractivity contribution in [3.63, 3.8) is 0 Å². The lowest BCUT2D eigenvalue weighted by molar-refractivity contribution is 0.0681. The van der Waals surface area contributed by atoms with Gasteiger partial charge in [0.15, 0.2) is 28.7 Å². The predicted octanol–water partition coefficient (Wildman–Crippen LogP) is 5.13. The molecule has 3 aromatic rings. The van der Waals surface area contributed by atoms with Gasteiger partial charge < -0.3 is 28.6 Å². The lowest BCUT2D eigenvalue weighted by Gasteiger charge is -2.12. The first-order chi connectivity index (χ1) is 15.9. The third kappa shape index (κ3) is 4.69. The highest BCUT2D eigenvalue weighted by molar-refractivity contribution is 7.99. The van der Waals surface area contributed by atoms with Gasteiger partial charge in [0.05, 0.1) is 20.8 Å². The summed E-state index contributed by atoms with van der Waals surface area (Å²) < 4.78 is 23.2. The molecule has 10 heteroatoms. The van der Waals surface area contributed by atoms with E-state index in [2.05, 4.69) is 4.98 Å². The van der Waals surface area contributed by atoms with E-state index in [-0.39, 0.29) is 19.0 Å². The van der Waals surface area contributed by atoms with E-state index in [1.165, 1.54) is 11.8 Å². The highest BCUT2D eigenvalue weighted by Crippen LogP contribution is 2.39. The highest BCUT2D eigenvalue weighted by atomic mass is 35.5. The van der Waals surface area contributed by atoms with Crippen LogP contribution in [0.5, 0.6) is 23.0 Å². The Morgan fingerprint density at radius 2 is 1.91 bits per heavy atom. The summed E-state index contributed by atoms with van der Waals surface area (Å²) in [6.07, 6.45) is 1.43. The molecule has 1 aliphatic heterocycles. The Morgan fingerprint density at radius 3 is 2.58 bits per heavy atom. The number of nitrogens with zero attached hydrogens (tertiary/aromatic N) is 2. The van der Waals surface area contributed by atoms with Gasteiger partial charge in [-0.05, 0) is 36.2 Å². The van der Waals surface area contributed by atoms with Gasteiger partial charge in [-0.2, -0.15) is 0 Å². The number of carboxylic acids is 1. The number of ether oxygens (including phenoxy) is 4. The number of carbonyl (C=O) groups is 1. The number of imidazole rings is 1. The predicted molar refractivity (Wildman–Crippen MR) is 124 cm³/mol. The number of aryl methyl sites for hydroxylation is 1. The summed E-state index contributed by atoms with van der Waals surface area (Å²) >= 11 is 7.73. The molecule has 0 fully saturated rings. The maximum absolute atomic E-state index is 12.3. The smallest absolute Gasteiger partial charge is 0.355 e. The van der Waals surface area contributed by atoms with Gasteiger partial charge in [-0.15, -0.1) is 0 Å². The van der Waals surface area contributed by atoms with Crippen LogP contribution >= 0.6 is 23.4 Å². The average molecular weight is 491 g/mol. The fourth-order valence-electron chi connectivity index (χ4n) is 3.58. The molecule has 2 aromatic carbocycles. The number of hydrogen-bond acceptors (Lipinski definition) is 7. The van der Waals surface area contributed by atoms with Gasteiger partial charge in [0.1, 0.15) is 10.9 Å². The van der Waals surface area contributed by atoms with E-state index in [1.54, 1.807) is 43.1 Å². The second-order valence-corrected chi connectivity index (χ2v) is 8.71. The molecule has 0 unspecified atom stereocenters. The lowest BCUT2D eigenvalue weighted by Crippen LogP contribution is -2.13. The minimum absolute atomic E-state index is 0.104. The van der Waals surface area contributed by atoms with Gasteiger partial charge in [-0.25, -0.2) is 9.78 Å². The van der Waals surface area contributed by atoms with Crippen LogP contribution in [0.3, 0.4) is 0 Å². The molecule has 0 spiro atoms. The molecule has 8 nitrogen and oxygen atoms in total. The Morgan fingerprint density at radius 1 is 1.18 bits per heavy atom. The molecule has 0 saturated carbocycles. The van der Waals surface area contributed by atoms with Crippen LogP contribution in [-0.4, -0.2) is 41.6 Å². The van der Waals surface area contributed by atoms with Crippen LogP contribution in [0.1, 0.15) is 35.2 Å². The molecule has 1 aromatic heterocycles. The molecule has 0 amide bonds. The first kappa shape index (κ1) is 23.1. The van der Waals surface area contributed by atoms with Crippen molar-refractivity contribution >= 4 is 29.3 Å². The largest absolute Gasteiger partial charge is 0.493 e. The second-order valence-electron chi connectivity index (χ2n) is 7.24. The van der Waals surface area contributed by atoms with Gasteiger partial charge in [0.2, 0.25) is 6.79 Å². The molecule has 0 bridgehead atoms. The molecule has 0 saturated heterocycles. The molecular weight excluding hydrogens is 468 g/mol. The Balaban J connectivity index is 1.74. The Kier molecular flexibility index (Phi) is 6.90. The molecule has 1 aliphatic rings. The summed E-state index contributed by atoms with van der Waals surface area (Å²) in [5.41, 5.74) is 0.827. The minimum atomic E-state index is -1.07. The lowest BCUT2D eigenvalue weighted by atomic mass is 10.2. The van der Waals surface area contributed by atoms with Crippen molar-refractivity contribution in [3.05, 3.63) is 52.4 Å². The van der Waals surface area contributed by atoms with E-state index in [9.17, 15) is 9.90 Å². The van der Waals surface area contributed by atoms with E-state index < -0.39 is 5.97 Å². The van der Waals surface area contributed by atoms with Crippen LogP contribution in [0.15, 0.2) is 40.3 Å². The molecule has 174 valence electrons. The zero-order valence-electron chi connectivity index (χ0n) is 18.4. The monoisotopic (exact) mass is 490 g/mol. The third-order valence-electron chi connectivity index (χ3n) is 5.13. The van der Waals surface area contributed by atoms with Gasteiger partial charge in [0.25, 0.3) is 0 Å². The van der Waals surface area contributed by atoms with E-state index in [0.717, 1.165) is 16.9 Å². The quantitative estimate of drug-likeness (QED) is 0.441. The Labute approximate surface area is 200 Å². The molecule has 4 rings (SSSR count). The van der Waals surface area contributed by atoms with Gasteiger partial charge in [-0.1, -0.05) is 30.3 Å². The molecule has 33 heavy (non-hydrogen) atoms. The summed E-state index contributed by atoms with van der Waals surface area (Å²) in [5, 5.41) is 11.0. The topological polar surface area (TPSA) is 92.0 Å². The minimum Gasteiger partial charge on any atom is -0.493 e. The molecule has 0 aliphatic carbocycles. The number of fused-ring (bicyclic) bond motifs is 1. The van der Waals surface area contributed by atoms with Crippen LogP contribution in [0.2, 0.25) is 5.02 Å². The zero-order valence-corrected chi connectivity index (χ0v) is 20.0. The van der Waals surface area contributed by atoms with Crippen molar-refractivity contribution < 1.29 is 28.8 Å². The van der Waals surface area contributed by atoms with E-state index in [1.807, 2.05) is 13.0 Å². The molecule has 0 radical (unpaired) electrons. The van der Waals surface area contributed by atoms with Crippen molar-refractivity contribution in [3.8, 4) is 23.0 Å². The Bertz CT molecular complexity index is 1200. The fourth-order valence-corrected chi connectivity index (χ4v) is 4.76. The fraction of sp³-hybridized carbons (Fsp3) is 0.304. The van der Waals surface area contributed by atoms with Crippen LogP contribution in [0.25, 0.3) is 0 Å². The average Bonchev–Trinajstić information content (AvgIpc) is 3.38. The van der Waals surface area contributed by atoms with Gasteiger partial charge >= 0.3 is 5.97 Å². The number of aromatic carboxylic acids is 1. The number of rotatable bonds is 9. The van der Waals surface area contributed by atoms with Crippen LogP contribution in [0, 0.1) is 0 Å². The summed E-state index contributed by atoms with van der Waals surface area (Å²) in [5.74, 6) is 1.92. The maximum Gasteiger partial charge on any atom is 0.355 e. The van der Waals surface area contributed by atoms with Crippen molar-refractivity contribution in [2.45, 2.75) is 36.2 Å². The number of halogens is 1. The summed E-state index contributed by atoms with van der Waals surface area (Å²) in [6.45, 7) is 2.40. The van der Waals surface area contributed by atoms with Crippen molar-refractivity contribution in [2.75, 3.05) is 21.0 Å². The summed E-state index contributed by atoms with van der Waals surface area (Å²) in [6, 6.07) is 8.88. The number of carboxylic acid groups (broad SMARTS) is 1. The molecular formula is C23H23ClN2O6S. The van der Waals surface area contributed by atoms with Crippen LogP contribution in [-0.2, 0) is 13.0 Å². The first-order valence-electron chi connectivity index (χ1n) is 10.3. The zero-order chi connectivity index (χ0) is 23.5. The first-order valence-corrected chi connectivity index (χ1v) is 11.4. The van der Waals surface area contributed by atoms with Crippen molar-refractivity contribution in [1.29, 1.82) is 0 Å². The van der Waals surface area contributed by atoms with Crippen LogP contribution in [0.4, 0.5) is 0 Å².